The lowest BCUT2D eigenvalue weighted by atomic mass is 9.96. The second-order valence-corrected chi connectivity index (χ2v) is 3.75. The number of alkyl halides is 1. The van der Waals surface area contributed by atoms with Crippen molar-refractivity contribution in [1.82, 2.24) is 0 Å². The van der Waals surface area contributed by atoms with Crippen molar-refractivity contribution in [3.05, 3.63) is 0 Å². The van der Waals surface area contributed by atoms with Gasteiger partial charge in [0.25, 0.3) is 0 Å². The maximum atomic E-state index is 10.5. The van der Waals surface area contributed by atoms with Gasteiger partial charge >= 0.3 is 17.9 Å². The molecule has 0 saturated heterocycles. The molecule has 0 spiro atoms. The zero-order chi connectivity index (χ0) is 11.5. The van der Waals surface area contributed by atoms with E-state index in [1.165, 1.54) is 22.6 Å². The quantitative estimate of drug-likeness (QED) is 0.384. The van der Waals surface area contributed by atoms with E-state index in [1.807, 2.05) is 0 Å². The molecule has 0 rings (SSSR count). The Balaban J connectivity index is 4.99. The number of aliphatic hydroxyl groups is 1. The third kappa shape index (κ3) is 2.80. The van der Waals surface area contributed by atoms with Crippen LogP contribution in [0.15, 0.2) is 0 Å². The number of carboxylic acid groups (broad SMARTS) is 3. The van der Waals surface area contributed by atoms with E-state index in [1.54, 1.807) is 0 Å². The molecule has 0 saturated carbocycles. The largest absolute Gasteiger partial charge is 0.481 e. The van der Waals surface area contributed by atoms with Crippen LogP contribution in [-0.4, -0.2) is 47.9 Å². The van der Waals surface area contributed by atoms with E-state index in [9.17, 15) is 19.5 Å². The molecule has 14 heavy (non-hydrogen) atoms. The van der Waals surface area contributed by atoms with Gasteiger partial charge in [-0.2, -0.15) is 0 Å². The summed E-state index contributed by atoms with van der Waals surface area (Å²) in [4.78, 5) is 31.2. The molecule has 0 radical (unpaired) electrons. The molecule has 2 unspecified atom stereocenters. The molecule has 0 amide bonds. The van der Waals surface area contributed by atoms with Crippen molar-refractivity contribution >= 4 is 40.5 Å². The van der Waals surface area contributed by atoms with Gasteiger partial charge in [-0.25, -0.2) is 4.79 Å². The SMILES string of the molecule is O=C(O)CC(O)(C(=O)O)C(I)C(=O)O. The molecule has 0 aromatic heterocycles. The summed E-state index contributed by atoms with van der Waals surface area (Å²) in [5, 5.41) is 34.6. The minimum atomic E-state index is -2.79. The lowest BCUT2D eigenvalue weighted by Crippen LogP contribution is -2.51. The van der Waals surface area contributed by atoms with Crippen LogP contribution in [0.25, 0.3) is 0 Å². The highest BCUT2D eigenvalue weighted by molar-refractivity contribution is 14.1. The predicted octanol–water partition coefficient (Wildman–Crippen LogP) is -0.835. The van der Waals surface area contributed by atoms with Gasteiger partial charge in [-0.1, -0.05) is 22.6 Å². The summed E-state index contributed by atoms with van der Waals surface area (Å²) in [6.45, 7) is 0. The first-order valence-electron chi connectivity index (χ1n) is 3.26. The number of hydrogen-bond donors (Lipinski definition) is 4. The summed E-state index contributed by atoms with van der Waals surface area (Å²) in [5.41, 5.74) is -2.79. The summed E-state index contributed by atoms with van der Waals surface area (Å²) < 4.78 is -1.73. The zero-order valence-corrected chi connectivity index (χ0v) is 8.83. The normalized spacial score (nSPS) is 16.7. The maximum Gasteiger partial charge on any atom is 0.338 e. The fourth-order valence-corrected chi connectivity index (χ4v) is 1.20. The van der Waals surface area contributed by atoms with Crippen molar-refractivity contribution in [3.8, 4) is 0 Å². The molecule has 0 bridgehead atoms. The van der Waals surface area contributed by atoms with Crippen LogP contribution in [0.4, 0.5) is 0 Å². The minimum absolute atomic E-state index is 1.16. The molecule has 0 aromatic rings. The highest BCUT2D eigenvalue weighted by atomic mass is 127. The Morgan fingerprint density at radius 3 is 1.86 bits per heavy atom. The Labute approximate surface area is 91.5 Å². The molecule has 0 aromatic carbocycles. The van der Waals surface area contributed by atoms with Crippen LogP contribution >= 0.6 is 22.6 Å². The van der Waals surface area contributed by atoms with Gasteiger partial charge < -0.3 is 20.4 Å². The number of aliphatic carboxylic acids is 3. The second kappa shape index (κ2) is 4.55. The third-order valence-corrected chi connectivity index (χ3v) is 2.99. The van der Waals surface area contributed by atoms with Gasteiger partial charge in [-0.15, -0.1) is 0 Å². The number of halogens is 1. The van der Waals surface area contributed by atoms with Crippen LogP contribution in [0.3, 0.4) is 0 Å². The molecular formula is C6H7IO7. The van der Waals surface area contributed by atoms with Crippen molar-refractivity contribution in [3.63, 3.8) is 0 Å². The monoisotopic (exact) mass is 318 g/mol. The maximum absolute atomic E-state index is 10.5. The Bertz CT molecular complexity index is 275. The Morgan fingerprint density at radius 2 is 1.64 bits per heavy atom. The van der Waals surface area contributed by atoms with E-state index in [0.29, 0.717) is 0 Å². The molecule has 4 N–H and O–H groups in total. The number of hydrogen-bond acceptors (Lipinski definition) is 4. The van der Waals surface area contributed by atoms with Crippen LogP contribution < -0.4 is 0 Å². The van der Waals surface area contributed by atoms with E-state index in [0.717, 1.165) is 0 Å². The lowest BCUT2D eigenvalue weighted by Gasteiger charge is -2.23. The standard InChI is InChI=1S/C6H7IO7/c7-3(4(10)11)6(14,5(12)13)1-2(8)9/h3,14H,1H2,(H,8,9)(H,10,11)(H,12,13). The highest BCUT2D eigenvalue weighted by Crippen LogP contribution is 2.23. The summed E-state index contributed by atoms with van der Waals surface area (Å²) in [7, 11) is 0. The summed E-state index contributed by atoms with van der Waals surface area (Å²) >= 11 is 1.17. The second-order valence-electron chi connectivity index (χ2n) is 2.50. The molecule has 8 heteroatoms. The van der Waals surface area contributed by atoms with Gasteiger partial charge in [0.15, 0.2) is 5.60 Å². The van der Waals surface area contributed by atoms with Gasteiger partial charge in [0, 0.05) is 0 Å². The van der Waals surface area contributed by atoms with Gasteiger partial charge in [0.1, 0.15) is 3.92 Å². The highest BCUT2D eigenvalue weighted by Gasteiger charge is 2.48. The predicted molar refractivity (Wildman–Crippen MR) is 50.3 cm³/mol. The fraction of sp³-hybridized carbons (Fsp3) is 0.500. The average molecular weight is 318 g/mol. The van der Waals surface area contributed by atoms with E-state index < -0.39 is 33.9 Å². The van der Waals surface area contributed by atoms with Crippen molar-refractivity contribution in [2.45, 2.75) is 15.9 Å². The van der Waals surface area contributed by atoms with Crippen molar-refractivity contribution in [1.29, 1.82) is 0 Å². The Kier molecular flexibility index (Phi) is 4.26. The van der Waals surface area contributed by atoms with E-state index in [4.69, 9.17) is 15.3 Å². The number of rotatable bonds is 5. The number of carboxylic acids is 3. The van der Waals surface area contributed by atoms with Crippen LogP contribution in [0.1, 0.15) is 6.42 Å². The number of carbonyl (C=O) groups is 3. The van der Waals surface area contributed by atoms with Crippen molar-refractivity contribution in [2.75, 3.05) is 0 Å². The molecule has 0 aliphatic heterocycles. The molecule has 0 aliphatic rings. The molecule has 0 aliphatic carbocycles. The summed E-state index contributed by atoms with van der Waals surface area (Å²) in [6.07, 6.45) is -1.16. The van der Waals surface area contributed by atoms with Crippen LogP contribution in [0.5, 0.6) is 0 Å². The molecule has 2 atom stereocenters. The van der Waals surface area contributed by atoms with Crippen molar-refractivity contribution in [2.24, 2.45) is 0 Å². The van der Waals surface area contributed by atoms with Crippen LogP contribution in [-0.2, 0) is 14.4 Å². The van der Waals surface area contributed by atoms with E-state index >= 15 is 0 Å². The zero-order valence-electron chi connectivity index (χ0n) is 6.68. The summed E-state index contributed by atoms with van der Waals surface area (Å²) in [6, 6.07) is 0. The fourth-order valence-electron chi connectivity index (χ4n) is 0.708. The average Bonchev–Trinajstić information content (AvgIpc) is 2.00. The lowest BCUT2D eigenvalue weighted by molar-refractivity contribution is -0.168. The Morgan fingerprint density at radius 1 is 1.21 bits per heavy atom. The smallest absolute Gasteiger partial charge is 0.338 e. The summed E-state index contributed by atoms with van der Waals surface area (Å²) in [5.74, 6) is -5.05. The van der Waals surface area contributed by atoms with Crippen molar-refractivity contribution < 1.29 is 34.8 Å². The minimum Gasteiger partial charge on any atom is -0.481 e. The topological polar surface area (TPSA) is 132 Å². The molecule has 7 nitrogen and oxygen atoms in total. The Hall–Kier alpha value is -0.900. The first-order valence-corrected chi connectivity index (χ1v) is 4.51. The van der Waals surface area contributed by atoms with E-state index in [-0.39, 0.29) is 0 Å². The third-order valence-electron chi connectivity index (χ3n) is 1.43. The van der Waals surface area contributed by atoms with Gasteiger partial charge in [-0.05, 0) is 0 Å². The first kappa shape index (κ1) is 13.1. The van der Waals surface area contributed by atoms with Gasteiger partial charge in [-0.3, -0.25) is 9.59 Å². The van der Waals surface area contributed by atoms with Crippen LogP contribution in [0.2, 0.25) is 0 Å². The molecule has 80 valence electrons. The first-order chi connectivity index (χ1) is 6.21. The van der Waals surface area contributed by atoms with Crippen LogP contribution in [0, 0.1) is 0 Å². The molecule has 0 heterocycles. The van der Waals surface area contributed by atoms with E-state index in [2.05, 4.69) is 0 Å². The van der Waals surface area contributed by atoms with Gasteiger partial charge in [0.2, 0.25) is 0 Å². The molecular weight excluding hydrogens is 311 g/mol. The van der Waals surface area contributed by atoms with Gasteiger partial charge in [0.05, 0.1) is 6.42 Å². The molecule has 0 fully saturated rings.